The molecule has 0 radical (unpaired) electrons. The van der Waals surface area contributed by atoms with Gasteiger partial charge in [0.1, 0.15) is 16.8 Å². The van der Waals surface area contributed by atoms with Crippen molar-refractivity contribution in [2.24, 2.45) is 0 Å². The van der Waals surface area contributed by atoms with Crippen molar-refractivity contribution < 1.29 is 18.7 Å². The Morgan fingerprint density at radius 1 is 0.980 bits per heavy atom. The fraction of sp³-hybridized carbons (Fsp3) is 0.378. The van der Waals surface area contributed by atoms with Crippen LogP contribution in [0.4, 0.5) is 16.6 Å². The number of pyridine rings is 1. The van der Waals surface area contributed by atoms with Crippen LogP contribution in [0.3, 0.4) is 0 Å². The van der Waals surface area contributed by atoms with Crippen molar-refractivity contribution in [3.63, 3.8) is 0 Å². The molecule has 0 aliphatic carbocycles. The van der Waals surface area contributed by atoms with Gasteiger partial charge in [-0.25, -0.2) is 9.78 Å². The summed E-state index contributed by atoms with van der Waals surface area (Å²) < 4.78 is 19.5. The Labute approximate surface area is 299 Å². The number of methoxy groups -OCH3 is 2. The number of nitrogens with one attached hydrogen (secondary N) is 2. The molecule has 0 unspecified atom stereocenters. The number of nitrogens with zero attached hydrogens (tertiary/aromatic N) is 5. The number of anilines is 2. The minimum absolute atomic E-state index is 0.0102. The van der Waals surface area contributed by atoms with E-state index < -0.39 is 14.4 Å². The molecule has 11 nitrogen and oxygen atoms in total. The number of ether oxygens (including phenoxy) is 2. The van der Waals surface area contributed by atoms with E-state index in [9.17, 15) is 4.79 Å². The predicted octanol–water partition coefficient (Wildman–Crippen LogP) is 6.74. The summed E-state index contributed by atoms with van der Waals surface area (Å²) in [6, 6.07) is 23.2. The van der Waals surface area contributed by atoms with Gasteiger partial charge in [-0.15, -0.1) is 11.6 Å². The van der Waals surface area contributed by atoms with Gasteiger partial charge in [0, 0.05) is 18.2 Å². The van der Waals surface area contributed by atoms with Gasteiger partial charge in [0.15, 0.2) is 5.82 Å². The van der Waals surface area contributed by atoms with Crippen LogP contribution in [-0.2, 0) is 21.6 Å². The highest BCUT2D eigenvalue weighted by Crippen LogP contribution is 2.37. The number of benzene rings is 2. The lowest BCUT2D eigenvalue weighted by Crippen LogP contribution is -2.66. The maximum absolute atomic E-state index is 12.2. The highest BCUT2D eigenvalue weighted by molar-refractivity contribution is 6.99. The fourth-order valence-corrected chi connectivity index (χ4v) is 11.2. The third-order valence-corrected chi connectivity index (χ3v) is 14.1. The molecule has 1 atom stereocenters. The molecular formula is C37H46ClN7O4Si. The number of halogens is 1. The SMILES string of the molecule is CCC[C@@H](CCO[Si](c1ccccc1)(c1ccccc1)C(C)(C)C)Nc1nc(NC(=O)OC)nc2cnn(Cc3cc(CCl)ncc3OC)c12. The van der Waals surface area contributed by atoms with Crippen LogP contribution < -0.4 is 25.7 Å². The standard InChI is InChI=1S/C37H46ClN7O4Si/c1-7-14-27(19-20-49-50(37(2,3)4,29-15-10-8-11-16-29)30-17-12-9-13-18-30)41-34-33-31(42-35(43-34)44-36(46)48-6)23-40-45(33)25-26-21-28(22-38)39-24-32(26)47-5/h8-13,15-18,21,23-24,27H,7,14,19-20,22,25H2,1-6H3,(H2,41,42,43,44,46)/t27-/m0/s1. The Hall–Kier alpha value is -4.52. The third-order valence-electron chi connectivity index (χ3n) is 8.75. The first-order valence-electron chi connectivity index (χ1n) is 16.8. The number of rotatable bonds is 15. The van der Waals surface area contributed by atoms with E-state index in [0.717, 1.165) is 30.5 Å². The van der Waals surface area contributed by atoms with E-state index in [0.29, 0.717) is 35.8 Å². The number of carbonyl (C=O) groups is 1. The van der Waals surface area contributed by atoms with Gasteiger partial charge in [-0.1, -0.05) is 94.8 Å². The van der Waals surface area contributed by atoms with Gasteiger partial charge in [-0.3, -0.25) is 15.0 Å². The van der Waals surface area contributed by atoms with E-state index in [1.165, 1.54) is 17.5 Å². The Kier molecular flexibility index (Phi) is 12.1. The molecule has 13 heteroatoms. The lowest BCUT2D eigenvalue weighted by Gasteiger charge is -2.43. The zero-order valence-corrected chi connectivity index (χ0v) is 31.3. The van der Waals surface area contributed by atoms with Gasteiger partial charge in [-0.05, 0) is 34.3 Å². The molecule has 5 aromatic rings. The molecule has 0 spiro atoms. The highest BCUT2D eigenvalue weighted by Gasteiger charge is 2.50. The minimum atomic E-state index is -2.72. The highest BCUT2D eigenvalue weighted by atomic mass is 35.5. The summed E-state index contributed by atoms with van der Waals surface area (Å²) in [5, 5.41) is 13.3. The van der Waals surface area contributed by atoms with E-state index in [2.05, 4.69) is 114 Å². The summed E-state index contributed by atoms with van der Waals surface area (Å²) in [6.07, 6.45) is 5.17. The first-order chi connectivity index (χ1) is 24.1. The zero-order chi connectivity index (χ0) is 35.7. The Balaban J connectivity index is 1.49. The average Bonchev–Trinajstić information content (AvgIpc) is 3.52. The number of hydrogen-bond acceptors (Lipinski definition) is 9. The van der Waals surface area contributed by atoms with E-state index in [1.807, 2.05) is 10.7 Å². The summed E-state index contributed by atoms with van der Waals surface area (Å²) in [5.41, 5.74) is 2.82. The number of alkyl halides is 1. The minimum Gasteiger partial charge on any atom is -0.495 e. The molecule has 0 bridgehead atoms. The quantitative estimate of drug-likeness (QED) is 0.0895. The summed E-state index contributed by atoms with van der Waals surface area (Å²) >= 11 is 6.11. The Bertz CT molecular complexity index is 1830. The summed E-state index contributed by atoms with van der Waals surface area (Å²) in [6.45, 7) is 9.89. The first kappa shape index (κ1) is 36.7. The molecule has 0 aliphatic rings. The molecule has 0 aliphatic heterocycles. The average molecular weight is 716 g/mol. The van der Waals surface area contributed by atoms with Gasteiger partial charge in [0.25, 0.3) is 8.32 Å². The van der Waals surface area contributed by atoms with Crippen LogP contribution in [0.1, 0.15) is 58.2 Å². The molecule has 50 heavy (non-hydrogen) atoms. The smallest absolute Gasteiger partial charge is 0.413 e. The molecule has 3 aromatic heterocycles. The van der Waals surface area contributed by atoms with Crippen LogP contribution in [0.5, 0.6) is 5.75 Å². The van der Waals surface area contributed by atoms with Crippen molar-refractivity contribution in [2.45, 2.75) is 70.5 Å². The number of carbonyl (C=O) groups excluding carboxylic acids is 1. The fourth-order valence-electron chi connectivity index (χ4n) is 6.44. The van der Waals surface area contributed by atoms with Crippen molar-refractivity contribution in [1.82, 2.24) is 24.7 Å². The second-order valence-corrected chi connectivity index (χ2v) is 17.7. The summed E-state index contributed by atoms with van der Waals surface area (Å²) in [7, 11) is 0.181. The molecule has 2 N–H and O–H groups in total. The summed E-state index contributed by atoms with van der Waals surface area (Å²) in [5.74, 6) is 1.53. The monoisotopic (exact) mass is 715 g/mol. The summed E-state index contributed by atoms with van der Waals surface area (Å²) in [4.78, 5) is 25.9. The maximum atomic E-state index is 12.2. The molecule has 1 amide bonds. The van der Waals surface area contributed by atoms with Crippen molar-refractivity contribution in [3.8, 4) is 5.75 Å². The van der Waals surface area contributed by atoms with Crippen LogP contribution in [0, 0.1) is 0 Å². The van der Waals surface area contributed by atoms with Gasteiger partial charge in [-0.2, -0.15) is 10.1 Å². The first-order valence-corrected chi connectivity index (χ1v) is 19.3. The van der Waals surface area contributed by atoms with Crippen LogP contribution in [-0.4, -0.2) is 66.0 Å². The van der Waals surface area contributed by atoms with Gasteiger partial charge in [0.05, 0.1) is 44.7 Å². The molecule has 264 valence electrons. The number of hydrogen-bond donors (Lipinski definition) is 2. The zero-order valence-electron chi connectivity index (χ0n) is 29.6. The lowest BCUT2D eigenvalue weighted by molar-refractivity contribution is 0.186. The van der Waals surface area contributed by atoms with E-state index in [4.69, 9.17) is 30.5 Å². The second-order valence-electron chi connectivity index (χ2n) is 13.1. The van der Waals surface area contributed by atoms with Gasteiger partial charge >= 0.3 is 6.09 Å². The molecule has 2 aromatic carbocycles. The van der Waals surface area contributed by atoms with Crippen molar-refractivity contribution in [3.05, 3.63) is 90.4 Å². The van der Waals surface area contributed by atoms with Crippen molar-refractivity contribution in [2.75, 3.05) is 31.5 Å². The Morgan fingerprint density at radius 3 is 2.24 bits per heavy atom. The number of amides is 1. The molecule has 0 saturated carbocycles. The molecule has 3 heterocycles. The van der Waals surface area contributed by atoms with Crippen molar-refractivity contribution in [1.29, 1.82) is 0 Å². The van der Waals surface area contributed by atoms with Crippen LogP contribution in [0.15, 0.2) is 79.1 Å². The Morgan fingerprint density at radius 2 is 1.66 bits per heavy atom. The maximum Gasteiger partial charge on any atom is 0.413 e. The molecule has 5 rings (SSSR count). The third kappa shape index (κ3) is 8.09. The van der Waals surface area contributed by atoms with E-state index >= 15 is 0 Å². The van der Waals surface area contributed by atoms with Crippen LogP contribution in [0.25, 0.3) is 11.0 Å². The topological polar surface area (TPSA) is 125 Å². The van der Waals surface area contributed by atoms with E-state index in [1.54, 1.807) is 19.5 Å². The molecule has 0 saturated heterocycles. The van der Waals surface area contributed by atoms with Crippen LogP contribution >= 0.6 is 11.6 Å². The largest absolute Gasteiger partial charge is 0.495 e. The predicted molar refractivity (Wildman–Crippen MR) is 201 cm³/mol. The van der Waals surface area contributed by atoms with Crippen molar-refractivity contribution >= 4 is 59.2 Å². The van der Waals surface area contributed by atoms with Gasteiger partial charge < -0.3 is 19.2 Å². The van der Waals surface area contributed by atoms with E-state index in [-0.39, 0.29) is 22.9 Å². The van der Waals surface area contributed by atoms with Crippen LogP contribution in [0.2, 0.25) is 5.04 Å². The molecular weight excluding hydrogens is 670 g/mol. The number of aromatic nitrogens is 5. The lowest BCUT2D eigenvalue weighted by atomic mass is 10.1. The van der Waals surface area contributed by atoms with Gasteiger partial charge in [0.2, 0.25) is 5.95 Å². The molecule has 0 fully saturated rings. The normalized spacial score (nSPS) is 12.5. The second kappa shape index (κ2) is 16.5. The number of fused-ring (bicyclic) bond motifs is 1.